The zero-order valence-corrected chi connectivity index (χ0v) is 16.6. The van der Waals surface area contributed by atoms with Crippen molar-refractivity contribution >= 4 is 34.8 Å². The van der Waals surface area contributed by atoms with Crippen molar-refractivity contribution in [3.8, 4) is 0 Å². The predicted molar refractivity (Wildman–Crippen MR) is 112 cm³/mol. The molecule has 0 saturated heterocycles. The Morgan fingerprint density at radius 1 is 0.857 bits per heavy atom. The molecule has 142 valence electrons. The van der Waals surface area contributed by atoms with Crippen LogP contribution in [-0.2, 0) is 0 Å². The highest BCUT2D eigenvalue weighted by Gasteiger charge is 2.14. The number of halogens is 1. The number of benzene rings is 2. The van der Waals surface area contributed by atoms with Gasteiger partial charge < -0.3 is 10.6 Å². The zero-order valence-electron chi connectivity index (χ0n) is 15.8. The molecule has 1 heterocycles. The van der Waals surface area contributed by atoms with Crippen LogP contribution in [0.2, 0.25) is 5.02 Å². The summed E-state index contributed by atoms with van der Waals surface area (Å²) in [5, 5.41) is 6.19. The van der Waals surface area contributed by atoms with E-state index in [0.717, 1.165) is 22.4 Å². The van der Waals surface area contributed by atoms with Crippen LogP contribution < -0.4 is 10.6 Å². The first-order valence-electron chi connectivity index (χ1n) is 8.76. The topological polar surface area (TPSA) is 71.1 Å². The number of carbonyl (C=O) groups excluding carboxylic acids is 2. The van der Waals surface area contributed by atoms with Crippen LogP contribution in [-0.4, -0.2) is 16.8 Å². The lowest BCUT2D eigenvalue weighted by Crippen LogP contribution is -2.17. The summed E-state index contributed by atoms with van der Waals surface area (Å²) in [7, 11) is 0. The second-order valence-corrected chi connectivity index (χ2v) is 6.98. The summed E-state index contributed by atoms with van der Waals surface area (Å²) >= 11 is 5.99. The summed E-state index contributed by atoms with van der Waals surface area (Å²) in [5.74, 6) is -0.712. The second kappa shape index (κ2) is 8.23. The van der Waals surface area contributed by atoms with Gasteiger partial charge in [0.1, 0.15) is 5.69 Å². The van der Waals surface area contributed by atoms with Crippen molar-refractivity contribution in [2.75, 3.05) is 10.6 Å². The van der Waals surface area contributed by atoms with E-state index in [2.05, 4.69) is 15.6 Å². The molecule has 0 aliphatic heterocycles. The third-order valence-electron chi connectivity index (χ3n) is 4.56. The Balaban J connectivity index is 1.79. The third-order valence-corrected chi connectivity index (χ3v) is 4.79. The molecule has 0 aliphatic rings. The molecule has 2 amide bonds. The normalized spacial score (nSPS) is 10.4. The molecule has 0 atom stereocenters. The van der Waals surface area contributed by atoms with Gasteiger partial charge in [-0.2, -0.15) is 0 Å². The van der Waals surface area contributed by atoms with E-state index in [1.54, 1.807) is 18.2 Å². The lowest BCUT2D eigenvalue weighted by Gasteiger charge is -2.11. The fraction of sp³-hybridized carbons (Fsp3) is 0.136. The van der Waals surface area contributed by atoms with Gasteiger partial charge in [-0.1, -0.05) is 29.8 Å². The molecule has 3 rings (SSSR count). The highest BCUT2D eigenvalue weighted by molar-refractivity contribution is 6.31. The number of nitrogens with one attached hydrogen (secondary N) is 2. The van der Waals surface area contributed by atoms with Crippen molar-refractivity contribution in [2.45, 2.75) is 20.8 Å². The fourth-order valence-corrected chi connectivity index (χ4v) is 2.86. The minimum Gasteiger partial charge on any atom is -0.322 e. The number of nitrogens with zero attached hydrogens (tertiary/aromatic N) is 1. The maximum Gasteiger partial charge on any atom is 0.274 e. The van der Waals surface area contributed by atoms with Gasteiger partial charge in [0.25, 0.3) is 11.8 Å². The summed E-state index contributed by atoms with van der Waals surface area (Å²) in [5.41, 5.74) is 4.80. The van der Waals surface area contributed by atoms with Crippen molar-refractivity contribution in [3.63, 3.8) is 0 Å². The number of rotatable bonds is 4. The molecule has 0 saturated carbocycles. The molecule has 2 N–H and O–H groups in total. The number of pyridine rings is 1. The highest BCUT2D eigenvalue weighted by atomic mass is 35.5. The van der Waals surface area contributed by atoms with Crippen LogP contribution in [0.1, 0.15) is 37.5 Å². The Morgan fingerprint density at radius 2 is 1.61 bits per heavy atom. The van der Waals surface area contributed by atoms with Gasteiger partial charge in [-0.25, -0.2) is 0 Å². The first kappa shape index (κ1) is 19.6. The van der Waals surface area contributed by atoms with Crippen molar-refractivity contribution in [3.05, 3.63) is 87.7 Å². The molecule has 28 heavy (non-hydrogen) atoms. The lowest BCUT2D eigenvalue weighted by molar-refractivity contribution is 0.102. The van der Waals surface area contributed by atoms with Gasteiger partial charge in [-0.05, 0) is 67.8 Å². The Kier molecular flexibility index (Phi) is 5.76. The molecule has 0 spiro atoms. The van der Waals surface area contributed by atoms with Crippen LogP contribution in [0.5, 0.6) is 0 Å². The zero-order chi connectivity index (χ0) is 20.3. The SMILES string of the molecule is Cc1ccc(Cl)cc1NC(=O)c1cc(C(=O)Nc2cccc(C)c2C)ccn1. The van der Waals surface area contributed by atoms with Crippen molar-refractivity contribution in [2.24, 2.45) is 0 Å². The van der Waals surface area contributed by atoms with Crippen LogP contribution in [0.3, 0.4) is 0 Å². The number of hydrogen-bond acceptors (Lipinski definition) is 3. The third kappa shape index (κ3) is 4.38. The van der Waals surface area contributed by atoms with Crippen molar-refractivity contribution in [1.82, 2.24) is 4.98 Å². The van der Waals surface area contributed by atoms with E-state index in [-0.39, 0.29) is 11.6 Å². The van der Waals surface area contributed by atoms with Gasteiger partial charge in [0.05, 0.1) is 0 Å². The smallest absolute Gasteiger partial charge is 0.274 e. The summed E-state index contributed by atoms with van der Waals surface area (Å²) in [6.45, 7) is 5.80. The highest BCUT2D eigenvalue weighted by Crippen LogP contribution is 2.21. The van der Waals surface area contributed by atoms with Crippen molar-refractivity contribution in [1.29, 1.82) is 0 Å². The average Bonchev–Trinajstić information content (AvgIpc) is 2.68. The first-order chi connectivity index (χ1) is 13.3. The van der Waals surface area contributed by atoms with E-state index in [9.17, 15) is 9.59 Å². The minimum atomic E-state index is -0.410. The summed E-state index contributed by atoms with van der Waals surface area (Å²) in [6, 6.07) is 14.0. The van der Waals surface area contributed by atoms with E-state index >= 15 is 0 Å². The molecular formula is C22H20ClN3O2. The van der Waals surface area contributed by atoms with Crippen LogP contribution in [0.4, 0.5) is 11.4 Å². The Bertz CT molecular complexity index is 1030. The molecule has 3 aromatic rings. The van der Waals surface area contributed by atoms with E-state index in [1.165, 1.54) is 12.3 Å². The predicted octanol–water partition coefficient (Wildman–Crippen LogP) is 5.16. The van der Waals surface area contributed by atoms with Gasteiger partial charge in [0, 0.05) is 28.2 Å². The molecule has 0 aliphatic carbocycles. The quantitative estimate of drug-likeness (QED) is 0.642. The molecule has 5 nitrogen and oxygen atoms in total. The van der Waals surface area contributed by atoms with Gasteiger partial charge in [0.15, 0.2) is 0 Å². The Labute approximate surface area is 168 Å². The molecule has 0 bridgehead atoms. The fourth-order valence-electron chi connectivity index (χ4n) is 2.69. The average molecular weight is 394 g/mol. The summed E-state index contributed by atoms with van der Waals surface area (Å²) in [4.78, 5) is 29.3. The molecule has 1 aromatic heterocycles. The van der Waals surface area contributed by atoms with E-state index in [0.29, 0.717) is 16.3 Å². The Morgan fingerprint density at radius 3 is 2.39 bits per heavy atom. The standard InChI is InChI=1S/C22H20ClN3O2/c1-13-5-4-6-18(15(13)3)25-21(27)16-9-10-24-20(11-16)22(28)26-19-12-17(23)8-7-14(19)2/h4-12H,1-3H3,(H,25,27)(H,26,28). The minimum absolute atomic E-state index is 0.146. The van der Waals surface area contributed by atoms with Gasteiger partial charge in [0.2, 0.25) is 0 Å². The number of aryl methyl sites for hydroxylation is 2. The maximum absolute atomic E-state index is 12.6. The summed E-state index contributed by atoms with van der Waals surface area (Å²) in [6.07, 6.45) is 1.44. The molecule has 0 radical (unpaired) electrons. The number of hydrogen-bond donors (Lipinski definition) is 2. The largest absolute Gasteiger partial charge is 0.322 e. The van der Waals surface area contributed by atoms with Crippen LogP contribution in [0.25, 0.3) is 0 Å². The number of anilines is 2. The molecule has 6 heteroatoms. The second-order valence-electron chi connectivity index (χ2n) is 6.54. The van der Waals surface area contributed by atoms with E-state index in [4.69, 9.17) is 11.6 Å². The van der Waals surface area contributed by atoms with Gasteiger partial charge >= 0.3 is 0 Å². The molecular weight excluding hydrogens is 374 g/mol. The van der Waals surface area contributed by atoms with Crippen molar-refractivity contribution < 1.29 is 9.59 Å². The number of aromatic nitrogens is 1. The number of amides is 2. The van der Waals surface area contributed by atoms with E-state index in [1.807, 2.05) is 45.0 Å². The van der Waals surface area contributed by atoms with Crippen LogP contribution >= 0.6 is 11.6 Å². The Hall–Kier alpha value is -3.18. The maximum atomic E-state index is 12.6. The molecule has 2 aromatic carbocycles. The molecule has 0 unspecified atom stereocenters. The lowest BCUT2D eigenvalue weighted by atomic mass is 10.1. The summed E-state index contributed by atoms with van der Waals surface area (Å²) < 4.78 is 0. The van der Waals surface area contributed by atoms with Gasteiger partial charge in [-0.15, -0.1) is 0 Å². The van der Waals surface area contributed by atoms with Crippen LogP contribution in [0.15, 0.2) is 54.7 Å². The monoisotopic (exact) mass is 393 g/mol. The van der Waals surface area contributed by atoms with Gasteiger partial charge in [-0.3, -0.25) is 14.6 Å². The molecule has 0 fully saturated rings. The van der Waals surface area contributed by atoms with E-state index < -0.39 is 5.91 Å². The number of carbonyl (C=O) groups is 2. The van der Waals surface area contributed by atoms with Crippen LogP contribution in [0, 0.1) is 20.8 Å². The first-order valence-corrected chi connectivity index (χ1v) is 9.14.